The van der Waals surface area contributed by atoms with Crippen LogP contribution in [0.15, 0.2) is 60.7 Å². The average molecular weight is 314 g/mol. The Balaban J connectivity index is 1.69. The van der Waals surface area contributed by atoms with Gasteiger partial charge in [0.2, 0.25) is 0 Å². The summed E-state index contributed by atoms with van der Waals surface area (Å²) in [4.78, 5) is 22.4. The van der Waals surface area contributed by atoms with Gasteiger partial charge in [-0.15, -0.1) is 0 Å². The molecule has 2 aromatic rings. The van der Waals surface area contributed by atoms with Crippen molar-refractivity contribution < 1.29 is 19.3 Å². The standard InChI is InChI=1S/C19H22O4/c1-19(2,14-21-18(20)17-11-7-4-8-12-17)15-23-22-13-16-9-5-3-6-10-16/h3-12H,13-15H2,1-2H3. The highest BCUT2D eigenvalue weighted by atomic mass is 17.2. The highest BCUT2D eigenvalue weighted by molar-refractivity contribution is 5.89. The topological polar surface area (TPSA) is 44.8 Å². The molecule has 0 heterocycles. The summed E-state index contributed by atoms with van der Waals surface area (Å²) < 4.78 is 5.33. The predicted molar refractivity (Wildman–Crippen MR) is 87.7 cm³/mol. The number of hydrogen-bond acceptors (Lipinski definition) is 4. The maximum absolute atomic E-state index is 11.9. The SMILES string of the molecule is CC(C)(COOCc1ccccc1)COC(=O)c1ccccc1. The highest BCUT2D eigenvalue weighted by Gasteiger charge is 2.22. The average Bonchev–Trinajstić information content (AvgIpc) is 2.58. The Morgan fingerprint density at radius 1 is 0.870 bits per heavy atom. The van der Waals surface area contributed by atoms with Gasteiger partial charge in [-0.1, -0.05) is 62.4 Å². The molecule has 0 aromatic heterocycles. The van der Waals surface area contributed by atoms with E-state index < -0.39 is 0 Å². The summed E-state index contributed by atoms with van der Waals surface area (Å²) in [7, 11) is 0. The molecular formula is C19H22O4. The molecule has 0 amide bonds. The second kappa shape index (κ2) is 8.46. The van der Waals surface area contributed by atoms with Crippen molar-refractivity contribution in [2.75, 3.05) is 13.2 Å². The van der Waals surface area contributed by atoms with Crippen LogP contribution in [0.25, 0.3) is 0 Å². The number of carbonyl (C=O) groups excluding carboxylic acids is 1. The van der Waals surface area contributed by atoms with Gasteiger partial charge in [-0.3, -0.25) is 0 Å². The lowest BCUT2D eigenvalue weighted by atomic mass is 9.96. The van der Waals surface area contributed by atoms with Crippen LogP contribution in [0.2, 0.25) is 0 Å². The second-order valence-corrected chi connectivity index (χ2v) is 6.12. The number of esters is 1. The summed E-state index contributed by atoms with van der Waals surface area (Å²) in [5.74, 6) is -0.330. The van der Waals surface area contributed by atoms with Crippen LogP contribution >= 0.6 is 0 Å². The summed E-state index contributed by atoms with van der Waals surface area (Å²) in [6, 6.07) is 18.7. The third-order valence-electron chi connectivity index (χ3n) is 3.20. The Morgan fingerprint density at radius 2 is 1.48 bits per heavy atom. The van der Waals surface area contributed by atoms with Crippen LogP contribution in [0.3, 0.4) is 0 Å². The minimum Gasteiger partial charge on any atom is -0.461 e. The number of benzene rings is 2. The highest BCUT2D eigenvalue weighted by Crippen LogP contribution is 2.17. The number of carbonyl (C=O) groups is 1. The Morgan fingerprint density at radius 3 is 2.13 bits per heavy atom. The molecule has 0 atom stereocenters. The maximum Gasteiger partial charge on any atom is 0.338 e. The van der Waals surface area contributed by atoms with Crippen molar-refractivity contribution in [3.8, 4) is 0 Å². The Hall–Kier alpha value is -2.17. The van der Waals surface area contributed by atoms with Crippen molar-refractivity contribution in [3.63, 3.8) is 0 Å². The van der Waals surface area contributed by atoms with Crippen LogP contribution in [0, 0.1) is 5.41 Å². The van der Waals surface area contributed by atoms with Gasteiger partial charge in [-0.05, 0) is 17.7 Å². The summed E-state index contributed by atoms with van der Waals surface area (Å²) in [5.41, 5.74) is 1.26. The van der Waals surface area contributed by atoms with E-state index in [1.165, 1.54) is 0 Å². The molecule has 0 saturated carbocycles. The van der Waals surface area contributed by atoms with E-state index in [4.69, 9.17) is 14.5 Å². The second-order valence-electron chi connectivity index (χ2n) is 6.12. The number of ether oxygens (including phenoxy) is 1. The predicted octanol–water partition coefficient (Wildman–Crippen LogP) is 4.02. The first kappa shape index (κ1) is 17.2. The first-order valence-electron chi connectivity index (χ1n) is 7.57. The van der Waals surface area contributed by atoms with E-state index in [9.17, 15) is 4.79 Å². The fourth-order valence-corrected chi connectivity index (χ4v) is 1.85. The van der Waals surface area contributed by atoms with E-state index in [0.717, 1.165) is 5.56 Å². The zero-order valence-electron chi connectivity index (χ0n) is 13.5. The molecule has 2 rings (SSSR count). The van der Waals surface area contributed by atoms with Crippen molar-refractivity contribution in [3.05, 3.63) is 71.8 Å². The van der Waals surface area contributed by atoms with Crippen molar-refractivity contribution in [2.24, 2.45) is 5.41 Å². The molecule has 0 radical (unpaired) electrons. The van der Waals surface area contributed by atoms with Crippen LogP contribution in [-0.2, 0) is 21.1 Å². The van der Waals surface area contributed by atoms with E-state index in [1.54, 1.807) is 12.1 Å². The van der Waals surface area contributed by atoms with Gasteiger partial charge in [-0.2, -0.15) is 0 Å². The molecule has 4 nitrogen and oxygen atoms in total. The fourth-order valence-electron chi connectivity index (χ4n) is 1.85. The lowest BCUT2D eigenvalue weighted by molar-refractivity contribution is -0.318. The minimum absolute atomic E-state index is 0.259. The van der Waals surface area contributed by atoms with Crippen LogP contribution in [-0.4, -0.2) is 19.2 Å². The third kappa shape index (κ3) is 6.22. The molecule has 0 spiro atoms. The first-order valence-corrected chi connectivity index (χ1v) is 7.57. The molecule has 0 N–H and O–H groups in total. The lowest BCUT2D eigenvalue weighted by Gasteiger charge is -2.23. The van der Waals surface area contributed by atoms with E-state index in [0.29, 0.717) is 18.8 Å². The third-order valence-corrected chi connectivity index (χ3v) is 3.20. The van der Waals surface area contributed by atoms with Gasteiger partial charge in [0.15, 0.2) is 0 Å². The quantitative estimate of drug-likeness (QED) is 0.319. The van der Waals surface area contributed by atoms with Gasteiger partial charge >= 0.3 is 5.97 Å². The zero-order valence-corrected chi connectivity index (χ0v) is 13.5. The smallest absolute Gasteiger partial charge is 0.338 e. The molecule has 0 saturated heterocycles. The molecule has 0 aliphatic rings. The monoisotopic (exact) mass is 314 g/mol. The van der Waals surface area contributed by atoms with Gasteiger partial charge in [-0.25, -0.2) is 14.6 Å². The van der Waals surface area contributed by atoms with Gasteiger partial charge in [0.1, 0.15) is 6.61 Å². The number of rotatable bonds is 8. The zero-order chi connectivity index (χ0) is 16.5. The Labute approximate surface area is 136 Å². The van der Waals surface area contributed by atoms with Crippen LogP contribution < -0.4 is 0 Å². The van der Waals surface area contributed by atoms with Crippen molar-refractivity contribution >= 4 is 5.97 Å². The van der Waals surface area contributed by atoms with E-state index in [-0.39, 0.29) is 18.0 Å². The largest absolute Gasteiger partial charge is 0.461 e. The molecule has 23 heavy (non-hydrogen) atoms. The summed E-state index contributed by atoms with van der Waals surface area (Å²) >= 11 is 0. The van der Waals surface area contributed by atoms with Crippen molar-refractivity contribution in [1.82, 2.24) is 0 Å². The van der Waals surface area contributed by atoms with Gasteiger partial charge in [0.05, 0.1) is 18.8 Å². The molecule has 0 aliphatic carbocycles. The fraction of sp³-hybridized carbons (Fsp3) is 0.316. The first-order chi connectivity index (χ1) is 11.1. The molecule has 2 aromatic carbocycles. The Kier molecular flexibility index (Phi) is 6.32. The van der Waals surface area contributed by atoms with Gasteiger partial charge < -0.3 is 4.74 Å². The molecule has 122 valence electrons. The van der Waals surface area contributed by atoms with Crippen LogP contribution in [0.4, 0.5) is 0 Å². The van der Waals surface area contributed by atoms with E-state index in [2.05, 4.69) is 0 Å². The van der Waals surface area contributed by atoms with Gasteiger partial charge in [0, 0.05) is 5.41 Å². The molecule has 0 bridgehead atoms. The van der Waals surface area contributed by atoms with Crippen molar-refractivity contribution in [2.45, 2.75) is 20.5 Å². The Bertz CT molecular complexity index is 593. The molecular weight excluding hydrogens is 292 g/mol. The molecule has 0 unspecified atom stereocenters. The van der Waals surface area contributed by atoms with Crippen LogP contribution in [0.5, 0.6) is 0 Å². The minimum atomic E-state index is -0.332. The molecule has 0 aliphatic heterocycles. The maximum atomic E-state index is 11.9. The lowest BCUT2D eigenvalue weighted by Crippen LogP contribution is -2.27. The molecule has 4 heteroatoms. The summed E-state index contributed by atoms with van der Waals surface area (Å²) in [5, 5.41) is 0. The van der Waals surface area contributed by atoms with Crippen molar-refractivity contribution in [1.29, 1.82) is 0 Å². The summed E-state index contributed by atoms with van der Waals surface area (Å²) in [6.07, 6.45) is 0. The normalized spacial score (nSPS) is 11.2. The van der Waals surface area contributed by atoms with Crippen LogP contribution in [0.1, 0.15) is 29.8 Å². The van der Waals surface area contributed by atoms with E-state index >= 15 is 0 Å². The molecule has 0 fully saturated rings. The van der Waals surface area contributed by atoms with Gasteiger partial charge in [0.25, 0.3) is 0 Å². The van der Waals surface area contributed by atoms with E-state index in [1.807, 2.05) is 62.4 Å². The number of hydrogen-bond donors (Lipinski definition) is 0. The summed E-state index contributed by atoms with van der Waals surface area (Å²) in [6.45, 7) is 4.90.